The molecule has 1 saturated carbocycles. The molecule has 2 heteroatoms. The Hall–Kier alpha value is -0.0800. The van der Waals surface area contributed by atoms with E-state index in [4.69, 9.17) is 0 Å². The van der Waals surface area contributed by atoms with E-state index in [1.807, 2.05) is 0 Å². The topological polar surface area (TPSA) is 15.3 Å². The lowest BCUT2D eigenvalue weighted by atomic mass is 9.95. The van der Waals surface area contributed by atoms with Gasteiger partial charge in [-0.2, -0.15) is 0 Å². The van der Waals surface area contributed by atoms with Gasteiger partial charge < -0.3 is 10.2 Å². The number of hydrogen-bond acceptors (Lipinski definition) is 2. The van der Waals surface area contributed by atoms with Gasteiger partial charge in [-0.1, -0.05) is 39.5 Å². The molecule has 0 saturated heterocycles. The number of rotatable bonds is 8. The monoisotopic (exact) mass is 240 g/mol. The van der Waals surface area contributed by atoms with Crippen molar-refractivity contribution in [1.29, 1.82) is 0 Å². The van der Waals surface area contributed by atoms with Gasteiger partial charge in [0, 0.05) is 6.54 Å². The molecule has 0 spiro atoms. The van der Waals surface area contributed by atoms with Crippen LogP contribution in [0.3, 0.4) is 0 Å². The summed E-state index contributed by atoms with van der Waals surface area (Å²) in [6, 6.07) is 0. The number of hydrogen-bond donors (Lipinski definition) is 1. The minimum atomic E-state index is 0.774. The standard InChI is InChI=1S/C15H32N2/c1-13(2)15(11-16-3)12-17(4)10-9-14-7-5-6-8-14/h13-16H,5-12H2,1-4H3. The molecule has 0 amide bonds. The van der Waals surface area contributed by atoms with Crippen LogP contribution in [0.5, 0.6) is 0 Å². The quantitative estimate of drug-likeness (QED) is 0.701. The summed E-state index contributed by atoms with van der Waals surface area (Å²) in [6.45, 7) is 8.36. The fraction of sp³-hybridized carbons (Fsp3) is 1.00. The van der Waals surface area contributed by atoms with Gasteiger partial charge in [0.1, 0.15) is 0 Å². The molecule has 1 N–H and O–H groups in total. The molecule has 2 nitrogen and oxygen atoms in total. The fourth-order valence-corrected chi connectivity index (χ4v) is 2.97. The summed E-state index contributed by atoms with van der Waals surface area (Å²) in [6.07, 6.45) is 7.34. The van der Waals surface area contributed by atoms with Gasteiger partial charge >= 0.3 is 0 Å². The largest absolute Gasteiger partial charge is 0.319 e. The second kappa shape index (κ2) is 8.10. The van der Waals surface area contributed by atoms with Crippen molar-refractivity contribution in [1.82, 2.24) is 10.2 Å². The zero-order valence-corrected chi connectivity index (χ0v) is 12.3. The molecule has 102 valence electrons. The fourth-order valence-electron chi connectivity index (χ4n) is 2.97. The zero-order chi connectivity index (χ0) is 12.7. The van der Waals surface area contributed by atoms with Crippen molar-refractivity contribution in [2.75, 3.05) is 33.7 Å². The molecule has 0 heterocycles. The molecule has 1 atom stereocenters. The van der Waals surface area contributed by atoms with Crippen LogP contribution in [0, 0.1) is 17.8 Å². The normalized spacial score (nSPS) is 19.4. The Balaban J connectivity index is 2.18. The second-order valence-corrected chi connectivity index (χ2v) is 6.26. The van der Waals surface area contributed by atoms with Crippen LogP contribution in [0.4, 0.5) is 0 Å². The average molecular weight is 240 g/mol. The first-order valence-electron chi connectivity index (χ1n) is 7.46. The van der Waals surface area contributed by atoms with Gasteiger partial charge in [0.05, 0.1) is 0 Å². The molecule has 1 rings (SSSR count). The van der Waals surface area contributed by atoms with Crippen LogP contribution in [0.15, 0.2) is 0 Å². The molecular weight excluding hydrogens is 208 g/mol. The smallest absolute Gasteiger partial charge is 0.00212 e. The summed E-state index contributed by atoms with van der Waals surface area (Å²) < 4.78 is 0. The van der Waals surface area contributed by atoms with Gasteiger partial charge in [-0.15, -0.1) is 0 Å². The highest BCUT2D eigenvalue weighted by atomic mass is 15.1. The number of nitrogens with one attached hydrogen (secondary N) is 1. The van der Waals surface area contributed by atoms with E-state index in [0.29, 0.717) is 0 Å². The van der Waals surface area contributed by atoms with Crippen molar-refractivity contribution in [3.05, 3.63) is 0 Å². The molecule has 1 aliphatic carbocycles. The van der Waals surface area contributed by atoms with E-state index >= 15 is 0 Å². The molecule has 17 heavy (non-hydrogen) atoms. The summed E-state index contributed by atoms with van der Waals surface area (Å²) in [7, 11) is 4.36. The van der Waals surface area contributed by atoms with E-state index in [2.05, 4.69) is 38.2 Å². The molecular formula is C15H32N2. The van der Waals surface area contributed by atoms with E-state index in [1.54, 1.807) is 0 Å². The van der Waals surface area contributed by atoms with Crippen molar-refractivity contribution in [3.8, 4) is 0 Å². The third-order valence-corrected chi connectivity index (χ3v) is 4.35. The minimum Gasteiger partial charge on any atom is -0.319 e. The van der Waals surface area contributed by atoms with Crippen molar-refractivity contribution in [2.45, 2.75) is 46.0 Å². The summed E-state index contributed by atoms with van der Waals surface area (Å²) in [5.41, 5.74) is 0. The number of nitrogens with zero attached hydrogens (tertiary/aromatic N) is 1. The van der Waals surface area contributed by atoms with E-state index in [1.165, 1.54) is 45.2 Å². The van der Waals surface area contributed by atoms with Gasteiger partial charge in [0.2, 0.25) is 0 Å². The van der Waals surface area contributed by atoms with Gasteiger partial charge in [0.25, 0.3) is 0 Å². The lowest BCUT2D eigenvalue weighted by Crippen LogP contribution is -2.35. The molecule has 0 aromatic rings. The van der Waals surface area contributed by atoms with Gasteiger partial charge in [-0.25, -0.2) is 0 Å². The predicted molar refractivity (Wildman–Crippen MR) is 76.3 cm³/mol. The zero-order valence-electron chi connectivity index (χ0n) is 12.3. The third kappa shape index (κ3) is 5.87. The molecule has 1 aliphatic rings. The Bertz CT molecular complexity index is 185. The van der Waals surface area contributed by atoms with E-state index in [0.717, 1.165) is 24.3 Å². The highest BCUT2D eigenvalue weighted by Gasteiger charge is 2.18. The van der Waals surface area contributed by atoms with Gasteiger partial charge in [0.15, 0.2) is 0 Å². The van der Waals surface area contributed by atoms with Crippen molar-refractivity contribution in [3.63, 3.8) is 0 Å². The first kappa shape index (κ1) is 15.0. The molecule has 1 unspecified atom stereocenters. The Morgan fingerprint density at radius 3 is 2.41 bits per heavy atom. The van der Waals surface area contributed by atoms with Crippen molar-refractivity contribution in [2.24, 2.45) is 17.8 Å². The lowest BCUT2D eigenvalue weighted by Gasteiger charge is -2.27. The molecule has 0 aliphatic heterocycles. The van der Waals surface area contributed by atoms with E-state index < -0.39 is 0 Å². The maximum absolute atomic E-state index is 3.33. The molecule has 0 aromatic heterocycles. The Morgan fingerprint density at radius 1 is 1.24 bits per heavy atom. The summed E-state index contributed by atoms with van der Waals surface area (Å²) in [4.78, 5) is 2.54. The summed E-state index contributed by atoms with van der Waals surface area (Å²) >= 11 is 0. The maximum atomic E-state index is 3.33. The van der Waals surface area contributed by atoms with Gasteiger partial charge in [-0.3, -0.25) is 0 Å². The van der Waals surface area contributed by atoms with Crippen LogP contribution in [-0.2, 0) is 0 Å². The Labute approximate surface area is 108 Å². The summed E-state index contributed by atoms with van der Waals surface area (Å²) in [5, 5.41) is 3.33. The molecule has 0 bridgehead atoms. The van der Waals surface area contributed by atoms with Crippen LogP contribution < -0.4 is 5.32 Å². The maximum Gasteiger partial charge on any atom is 0.00212 e. The first-order valence-corrected chi connectivity index (χ1v) is 7.46. The van der Waals surface area contributed by atoms with E-state index in [9.17, 15) is 0 Å². The Morgan fingerprint density at radius 2 is 1.88 bits per heavy atom. The highest BCUT2D eigenvalue weighted by Crippen LogP contribution is 2.27. The van der Waals surface area contributed by atoms with Crippen LogP contribution in [0.25, 0.3) is 0 Å². The molecule has 0 radical (unpaired) electrons. The lowest BCUT2D eigenvalue weighted by molar-refractivity contribution is 0.221. The molecule has 0 aromatic carbocycles. The van der Waals surface area contributed by atoms with E-state index in [-0.39, 0.29) is 0 Å². The van der Waals surface area contributed by atoms with Crippen molar-refractivity contribution < 1.29 is 0 Å². The van der Waals surface area contributed by atoms with Gasteiger partial charge in [-0.05, 0) is 51.4 Å². The minimum absolute atomic E-state index is 0.774. The second-order valence-electron chi connectivity index (χ2n) is 6.26. The summed E-state index contributed by atoms with van der Waals surface area (Å²) in [5.74, 6) is 2.59. The van der Waals surface area contributed by atoms with Crippen LogP contribution in [0.1, 0.15) is 46.0 Å². The van der Waals surface area contributed by atoms with Crippen LogP contribution in [0.2, 0.25) is 0 Å². The van der Waals surface area contributed by atoms with Crippen molar-refractivity contribution >= 4 is 0 Å². The van der Waals surface area contributed by atoms with Crippen LogP contribution >= 0.6 is 0 Å². The predicted octanol–water partition coefficient (Wildman–Crippen LogP) is 2.99. The molecule has 1 fully saturated rings. The Kier molecular flexibility index (Phi) is 7.14. The SMILES string of the molecule is CNCC(CN(C)CCC1CCCC1)C(C)C. The first-order chi connectivity index (χ1) is 8.13. The third-order valence-electron chi connectivity index (χ3n) is 4.35. The highest BCUT2D eigenvalue weighted by molar-refractivity contribution is 4.72. The van der Waals surface area contributed by atoms with Crippen LogP contribution in [-0.4, -0.2) is 38.6 Å². The average Bonchev–Trinajstić information content (AvgIpc) is 2.78.